The van der Waals surface area contributed by atoms with E-state index in [0.29, 0.717) is 11.5 Å². The molecule has 0 aliphatic rings. The number of methoxy groups -OCH3 is 1. The van der Waals surface area contributed by atoms with Crippen LogP contribution in [0.25, 0.3) is 0 Å². The third-order valence-electron chi connectivity index (χ3n) is 4.47. The van der Waals surface area contributed by atoms with Gasteiger partial charge in [-0.15, -0.1) is 0 Å². The maximum atomic E-state index is 11.0. The van der Waals surface area contributed by atoms with Crippen LogP contribution in [0.5, 0.6) is 5.75 Å². The molecule has 3 N–H and O–H groups in total. The summed E-state index contributed by atoms with van der Waals surface area (Å²) in [6.07, 6.45) is 1.44. The van der Waals surface area contributed by atoms with E-state index in [4.69, 9.17) is 4.74 Å². The number of aromatic nitrogens is 3. The first-order chi connectivity index (χ1) is 16.6. The molecule has 0 fully saturated rings. The van der Waals surface area contributed by atoms with Crippen molar-refractivity contribution in [2.75, 3.05) is 23.2 Å². The molecule has 1 heterocycles. The van der Waals surface area contributed by atoms with Crippen LogP contribution in [0.2, 0.25) is 0 Å². The highest BCUT2D eigenvalue weighted by atomic mass is 16.6. The fourth-order valence-corrected chi connectivity index (χ4v) is 2.87. The van der Waals surface area contributed by atoms with Gasteiger partial charge >= 0.3 is 0 Å². The first kappa shape index (κ1) is 22.1. The van der Waals surface area contributed by atoms with Gasteiger partial charge in [-0.1, -0.05) is 30.3 Å². The SMILES string of the molecule is COc1ccc(Nc2nc(N/N=C/c3cccc([N+](=O)[O-])c3)nc(Nc3ccccc3)n2)cc1. The van der Waals surface area contributed by atoms with Crippen LogP contribution in [-0.2, 0) is 0 Å². The fourth-order valence-electron chi connectivity index (χ4n) is 2.87. The van der Waals surface area contributed by atoms with Gasteiger partial charge in [0.2, 0.25) is 17.8 Å². The minimum atomic E-state index is -0.463. The lowest BCUT2D eigenvalue weighted by Crippen LogP contribution is -2.07. The molecule has 170 valence electrons. The summed E-state index contributed by atoms with van der Waals surface area (Å²) in [6, 6.07) is 22.9. The highest BCUT2D eigenvalue weighted by Crippen LogP contribution is 2.21. The molecule has 0 aliphatic heterocycles. The number of hydrogen-bond donors (Lipinski definition) is 3. The van der Waals surface area contributed by atoms with Gasteiger partial charge in [0.1, 0.15) is 5.75 Å². The van der Waals surface area contributed by atoms with Gasteiger partial charge in [0.15, 0.2) is 0 Å². The number of nitrogens with zero attached hydrogens (tertiary/aromatic N) is 5. The highest BCUT2D eigenvalue weighted by molar-refractivity contribution is 5.81. The Bertz CT molecular complexity index is 1300. The minimum absolute atomic E-state index is 0.0237. The van der Waals surface area contributed by atoms with Crippen LogP contribution >= 0.6 is 0 Å². The average molecular weight is 456 g/mol. The van der Waals surface area contributed by atoms with Crippen LogP contribution < -0.4 is 20.8 Å². The zero-order valence-corrected chi connectivity index (χ0v) is 18.0. The van der Waals surface area contributed by atoms with Gasteiger partial charge in [-0.3, -0.25) is 10.1 Å². The Hall–Kier alpha value is -5.06. The number of hydrogen-bond acceptors (Lipinski definition) is 10. The summed E-state index contributed by atoms with van der Waals surface area (Å²) in [5.74, 6) is 1.48. The summed E-state index contributed by atoms with van der Waals surface area (Å²) in [5.41, 5.74) is 4.83. The second kappa shape index (κ2) is 10.5. The number of non-ortho nitro benzene ring substituents is 1. The molecule has 0 atom stereocenters. The van der Waals surface area contributed by atoms with E-state index in [9.17, 15) is 10.1 Å². The zero-order valence-electron chi connectivity index (χ0n) is 18.0. The zero-order chi connectivity index (χ0) is 23.8. The van der Waals surface area contributed by atoms with Gasteiger partial charge in [-0.05, 0) is 36.4 Å². The molecule has 1 aromatic heterocycles. The molecule has 0 saturated carbocycles. The molecule has 11 heteroatoms. The van der Waals surface area contributed by atoms with E-state index in [-0.39, 0.29) is 17.6 Å². The van der Waals surface area contributed by atoms with E-state index >= 15 is 0 Å². The van der Waals surface area contributed by atoms with Crippen molar-refractivity contribution in [3.8, 4) is 5.75 Å². The van der Waals surface area contributed by atoms with E-state index in [2.05, 4.69) is 36.1 Å². The van der Waals surface area contributed by atoms with E-state index < -0.39 is 4.92 Å². The highest BCUT2D eigenvalue weighted by Gasteiger charge is 2.08. The lowest BCUT2D eigenvalue weighted by molar-refractivity contribution is -0.384. The number of nitro benzene ring substituents is 1. The van der Waals surface area contributed by atoms with E-state index in [1.54, 1.807) is 19.2 Å². The van der Waals surface area contributed by atoms with Crippen LogP contribution in [0.1, 0.15) is 5.56 Å². The van der Waals surface area contributed by atoms with Gasteiger partial charge in [0.25, 0.3) is 5.69 Å². The number of nitro groups is 1. The average Bonchev–Trinajstić information content (AvgIpc) is 2.85. The first-order valence-corrected chi connectivity index (χ1v) is 10.1. The van der Waals surface area contributed by atoms with Gasteiger partial charge in [-0.25, -0.2) is 5.43 Å². The number of benzene rings is 3. The molecule has 0 saturated heterocycles. The molecule has 34 heavy (non-hydrogen) atoms. The Labute approximate surface area is 194 Å². The summed E-state index contributed by atoms with van der Waals surface area (Å²) >= 11 is 0. The predicted octanol–water partition coefficient (Wildman–Crippen LogP) is 4.72. The summed E-state index contributed by atoms with van der Waals surface area (Å²) in [4.78, 5) is 23.6. The minimum Gasteiger partial charge on any atom is -0.497 e. The third kappa shape index (κ3) is 6.01. The Balaban J connectivity index is 1.56. The Morgan fingerprint density at radius 1 is 0.853 bits per heavy atom. The van der Waals surface area contributed by atoms with Crippen LogP contribution in [0.3, 0.4) is 0 Å². The number of hydrazone groups is 1. The Morgan fingerprint density at radius 2 is 1.50 bits per heavy atom. The molecule has 11 nitrogen and oxygen atoms in total. The second-order valence-corrected chi connectivity index (χ2v) is 6.87. The van der Waals surface area contributed by atoms with Crippen LogP contribution in [0.15, 0.2) is 84.0 Å². The maximum absolute atomic E-state index is 11.0. The quantitative estimate of drug-likeness (QED) is 0.185. The number of ether oxygens (including phenoxy) is 1. The number of anilines is 5. The lowest BCUT2D eigenvalue weighted by atomic mass is 10.2. The second-order valence-electron chi connectivity index (χ2n) is 6.87. The smallest absolute Gasteiger partial charge is 0.270 e. The van der Waals surface area contributed by atoms with Crippen molar-refractivity contribution < 1.29 is 9.66 Å². The summed E-state index contributed by atoms with van der Waals surface area (Å²) in [6.45, 7) is 0. The van der Waals surface area contributed by atoms with Gasteiger partial charge < -0.3 is 15.4 Å². The summed E-state index contributed by atoms with van der Waals surface area (Å²) in [5, 5.41) is 21.3. The van der Waals surface area contributed by atoms with Crippen molar-refractivity contribution in [2.24, 2.45) is 5.10 Å². The number of para-hydroxylation sites is 1. The number of rotatable bonds is 9. The molecule has 0 spiro atoms. The van der Waals surface area contributed by atoms with Crippen molar-refractivity contribution >= 4 is 41.1 Å². The summed E-state index contributed by atoms with van der Waals surface area (Å²) in [7, 11) is 1.60. The molecule has 0 unspecified atom stereocenters. The molecular formula is C23H20N8O3. The molecule has 0 radical (unpaired) electrons. The molecule has 4 rings (SSSR count). The standard InChI is InChI=1S/C23H20N8O3/c1-34-20-12-10-18(11-13-20)26-22-27-21(25-17-7-3-2-4-8-17)28-23(29-22)30-24-15-16-6-5-9-19(14-16)31(32)33/h2-15H,1H3,(H3,25,26,27,28,29,30)/b24-15+. The van der Waals surface area contributed by atoms with Gasteiger partial charge in [-0.2, -0.15) is 20.1 Å². The van der Waals surface area contributed by atoms with E-state index in [0.717, 1.165) is 17.1 Å². The third-order valence-corrected chi connectivity index (χ3v) is 4.47. The Kier molecular flexibility index (Phi) is 6.84. The van der Waals surface area contributed by atoms with E-state index in [1.165, 1.54) is 18.3 Å². The Morgan fingerprint density at radius 3 is 2.15 bits per heavy atom. The predicted molar refractivity (Wildman–Crippen MR) is 130 cm³/mol. The van der Waals surface area contributed by atoms with Gasteiger partial charge in [0.05, 0.1) is 18.2 Å². The van der Waals surface area contributed by atoms with Crippen LogP contribution in [0, 0.1) is 10.1 Å². The van der Waals surface area contributed by atoms with Crippen LogP contribution in [0.4, 0.5) is 34.9 Å². The van der Waals surface area contributed by atoms with Crippen molar-refractivity contribution in [2.45, 2.75) is 0 Å². The molecule has 0 aliphatic carbocycles. The van der Waals surface area contributed by atoms with Crippen molar-refractivity contribution in [3.05, 3.63) is 94.5 Å². The fraction of sp³-hybridized carbons (Fsp3) is 0.0435. The van der Waals surface area contributed by atoms with Crippen molar-refractivity contribution in [1.82, 2.24) is 15.0 Å². The normalized spacial score (nSPS) is 10.6. The molecule has 0 amide bonds. The van der Waals surface area contributed by atoms with Crippen LogP contribution in [-0.4, -0.2) is 33.2 Å². The maximum Gasteiger partial charge on any atom is 0.270 e. The summed E-state index contributed by atoms with van der Waals surface area (Å²) < 4.78 is 5.18. The molecule has 0 bridgehead atoms. The van der Waals surface area contributed by atoms with Gasteiger partial charge in [0, 0.05) is 29.1 Å². The molecule has 4 aromatic rings. The number of nitrogens with one attached hydrogen (secondary N) is 3. The van der Waals surface area contributed by atoms with Crippen molar-refractivity contribution in [3.63, 3.8) is 0 Å². The largest absolute Gasteiger partial charge is 0.497 e. The molecule has 3 aromatic carbocycles. The van der Waals surface area contributed by atoms with Crippen molar-refractivity contribution in [1.29, 1.82) is 0 Å². The molecular weight excluding hydrogens is 436 g/mol. The first-order valence-electron chi connectivity index (χ1n) is 10.1. The lowest BCUT2D eigenvalue weighted by Gasteiger charge is -2.10. The monoisotopic (exact) mass is 456 g/mol. The van der Waals surface area contributed by atoms with E-state index in [1.807, 2.05) is 54.6 Å². The topological polar surface area (TPSA) is 139 Å².